The van der Waals surface area contributed by atoms with E-state index >= 15 is 0 Å². The van der Waals surface area contributed by atoms with Crippen LogP contribution >= 0.6 is 0 Å². The molecule has 1 aromatic heterocycles. The average Bonchev–Trinajstić information content (AvgIpc) is 3.26. The molecule has 0 saturated carbocycles. The van der Waals surface area contributed by atoms with Crippen molar-refractivity contribution in [2.24, 2.45) is 0 Å². The number of hydrogen-bond donors (Lipinski definition) is 1. The van der Waals surface area contributed by atoms with Gasteiger partial charge in [-0.15, -0.1) is 0 Å². The molecule has 1 heterocycles. The van der Waals surface area contributed by atoms with Gasteiger partial charge in [0.05, 0.1) is 32.2 Å². The van der Waals surface area contributed by atoms with E-state index < -0.39 is 12.0 Å². The van der Waals surface area contributed by atoms with Gasteiger partial charge >= 0.3 is 5.97 Å². The van der Waals surface area contributed by atoms with Crippen molar-refractivity contribution >= 4 is 11.9 Å². The number of carbonyl (C=O) groups excluding carboxylic acids is 2. The van der Waals surface area contributed by atoms with Crippen molar-refractivity contribution in [2.75, 3.05) is 14.2 Å². The molecule has 1 atom stereocenters. The normalized spacial score (nSPS) is 11.6. The predicted molar refractivity (Wildman–Crippen MR) is 113 cm³/mol. The maximum absolute atomic E-state index is 13.9. The number of furan rings is 1. The second-order valence-corrected chi connectivity index (χ2v) is 6.92. The van der Waals surface area contributed by atoms with E-state index in [-0.39, 0.29) is 24.6 Å². The van der Waals surface area contributed by atoms with Gasteiger partial charge in [-0.05, 0) is 42.0 Å². The molecule has 0 aliphatic carbocycles. The summed E-state index contributed by atoms with van der Waals surface area (Å²) in [6, 6.07) is 16.3. The van der Waals surface area contributed by atoms with Crippen LogP contribution in [0, 0.1) is 5.82 Å². The van der Waals surface area contributed by atoms with Crippen molar-refractivity contribution in [1.82, 2.24) is 5.32 Å². The molecule has 31 heavy (non-hydrogen) atoms. The lowest BCUT2D eigenvalue weighted by atomic mass is 10.0. The van der Waals surface area contributed by atoms with Crippen LogP contribution in [0.2, 0.25) is 0 Å². The van der Waals surface area contributed by atoms with Crippen LogP contribution in [0.3, 0.4) is 0 Å². The summed E-state index contributed by atoms with van der Waals surface area (Å²) in [5.41, 5.74) is 1.13. The molecule has 0 bridgehead atoms. The second kappa shape index (κ2) is 10.4. The van der Waals surface area contributed by atoms with E-state index in [2.05, 4.69) is 5.32 Å². The highest BCUT2D eigenvalue weighted by Gasteiger charge is 2.19. The maximum atomic E-state index is 13.9. The fraction of sp³-hybridized carbons (Fsp3) is 0.250. The lowest BCUT2D eigenvalue weighted by Gasteiger charge is -2.18. The Bertz CT molecular complexity index is 1030. The average molecular weight is 425 g/mol. The summed E-state index contributed by atoms with van der Waals surface area (Å²) in [6.07, 6.45) is 0.499. The minimum absolute atomic E-state index is 0.00670. The zero-order valence-corrected chi connectivity index (χ0v) is 17.4. The molecule has 0 radical (unpaired) electrons. The summed E-state index contributed by atoms with van der Waals surface area (Å²) >= 11 is 0. The number of aryl methyl sites for hydroxylation is 1. The monoisotopic (exact) mass is 425 g/mol. The number of carbonyl (C=O) groups is 2. The van der Waals surface area contributed by atoms with Gasteiger partial charge in [0.2, 0.25) is 5.91 Å². The van der Waals surface area contributed by atoms with Crippen LogP contribution < -0.4 is 10.1 Å². The molecule has 0 fully saturated rings. The van der Waals surface area contributed by atoms with Gasteiger partial charge in [-0.2, -0.15) is 0 Å². The van der Waals surface area contributed by atoms with Crippen LogP contribution in [0.15, 0.2) is 65.1 Å². The van der Waals surface area contributed by atoms with E-state index in [1.165, 1.54) is 13.2 Å². The van der Waals surface area contributed by atoms with Gasteiger partial charge in [-0.25, -0.2) is 4.39 Å². The third-order valence-corrected chi connectivity index (χ3v) is 4.85. The van der Waals surface area contributed by atoms with Crippen molar-refractivity contribution in [2.45, 2.75) is 25.3 Å². The van der Waals surface area contributed by atoms with Crippen molar-refractivity contribution in [1.29, 1.82) is 0 Å². The summed E-state index contributed by atoms with van der Waals surface area (Å²) in [5, 5.41) is 2.87. The number of halogens is 1. The SMILES string of the molecule is COC(=O)CC(NC(=O)CCc1ccc(-c2ccccc2F)o1)c1ccc(OC)cc1. The molecule has 7 heteroatoms. The van der Waals surface area contributed by atoms with Crippen LogP contribution in [0.25, 0.3) is 11.3 Å². The van der Waals surface area contributed by atoms with E-state index in [1.54, 1.807) is 61.7 Å². The highest BCUT2D eigenvalue weighted by atomic mass is 19.1. The molecule has 0 saturated heterocycles. The van der Waals surface area contributed by atoms with Crippen molar-refractivity contribution in [3.63, 3.8) is 0 Å². The molecule has 6 nitrogen and oxygen atoms in total. The molecule has 0 spiro atoms. The van der Waals surface area contributed by atoms with Gasteiger partial charge in [0.25, 0.3) is 0 Å². The van der Waals surface area contributed by atoms with Crippen LogP contribution in [0.5, 0.6) is 5.75 Å². The minimum Gasteiger partial charge on any atom is -0.497 e. The molecular weight excluding hydrogens is 401 g/mol. The van der Waals surface area contributed by atoms with Gasteiger partial charge in [0, 0.05) is 12.8 Å². The number of ether oxygens (including phenoxy) is 2. The van der Waals surface area contributed by atoms with Crippen molar-refractivity contribution < 1.29 is 27.9 Å². The number of esters is 1. The topological polar surface area (TPSA) is 77.8 Å². The number of methoxy groups -OCH3 is 2. The molecule has 1 amide bonds. The Morgan fingerprint density at radius 1 is 1.03 bits per heavy atom. The summed E-state index contributed by atoms with van der Waals surface area (Å²) in [4.78, 5) is 24.3. The predicted octanol–water partition coefficient (Wildman–Crippen LogP) is 4.45. The Labute approximate surface area is 180 Å². The van der Waals surface area contributed by atoms with E-state index in [1.807, 2.05) is 0 Å². The first kappa shape index (κ1) is 22.1. The third kappa shape index (κ3) is 5.94. The molecular formula is C24H24FNO5. The quantitative estimate of drug-likeness (QED) is 0.513. The molecule has 1 unspecified atom stereocenters. The second-order valence-electron chi connectivity index (χ2n) is 6.92. The van der Waals surface area contributed by atoms with E-state index in [9.17, 15) is 14.0 Å². The summed E-state index contributed by atoms with van der Waals surface area (Å²) in [6.45, 7) is 0. The van der Waals surface area contributed by atoms with Gasteiger partial charge in [-0.1, -0.05) is 24.3 Å². The van der Waals surface area contributed by atoms with Gasteiger partial charge in [-0.3, -0.25) is 9.59 Å². The molecule has 1 N–H and O–H groups in total. The Morgan fingerprint density at radius 2 is 1.77 bits per heavy atom. The van der Waals surface area contributed by atoms with Crippen LogP contribution in [-0.2, 0) is 20.7 Å². The van der Waals surface area contributed by atoms with Gasteiger partial charge in [0.1, 0.15) is 23.1 Å². The fourth-order valence-corrected chi connectivity index (χ4v) is 3.16. The van der Waals surface area contributed by atoms with Crippen LogP contribution in [0.1, 0.15) is 30.2 Å². The Hall–Kier alpha value is -3.61. The zero-order valence-electron chi connectivity index (χ0n) is 17.4. The minimum atomic E-state index is -0.531. The smallest absolute Gasteiger partial charge is 0.307 e. The molecule has 3 aromatic rings. The first-order valence-corrected chi connectivity index (χ1v) is 9.84. The summed E-state index contributed by atoms with van der Waals surface area (Å²) in [5.74, 6) is 0.620. The fourth-order valence-electron chi connectivity index (χ4n) is 3.16. The lowest BCUT2D eigenvalue weighted by Crippen LogP contribution is -2.30. The molecule has 2 aromatic carbocycles. The molecule has 162 valence electrons. The van der Waals surface area contributed by atoms with Crippen LogP contribution in [-0.4, -0.2) is 26.1 Å². The molecule has 3 rings (SSSR count). The summed E-state index contributed by atoms with van der Waals surface area (Å²) < 4.78 is 29.5. The Balaban J connectivity index is 1.63. The largest absolute Gasteiger partial charge is 0.497 e. The van der Waals surface area contributed by atoms with Crippen molar-refractivity contribution in [3.8, 4) is 17.1 Å². The third-order valence-electron chi connectivity index (χ3n) is 4.85. The number of nitrogens with one attached hydrogen (secondary N) is 1. The number of rotatable bonds is 9. The standard InChI is InChI=1S/C24H24FNO5/c1-29-17-9-7-16(8-10-17)21(15-24(28)30-2)26-23(27)14-12-18-11-13-22(31-18)19-5-3-4-6-20(19)25/h3-11,13,21H,12,14-15H2,1-2H3,(H,26,27). The Kier molecular flexibility index (Phi) is 7.43. The first-order valence-electron chi connectivity index (χ1n) is 9.84. The number of amides is 1. The van der Waals surface area contributed by atoms with E-state index in [4.69, 9.17) is 13.9 Å². The molecule has 0 aliphatic rings. The number of benzene rings is 2. The highest BCUT2D eigenvalue weighted by Crippen LogP contribution is 2.25. The van der Waals surface area contributed by atoms with Crippen molar-refractivity contribution in [3.05, 3.63) is 77.8 Å². The first-order chi connectivity index (χ1) is 15.0. The van der Waals surface area contributed by atoms with E-state index in [0.29, 0.717) is 29.3 Å². The van der Waals surface area contributed by atoms with E-state index in [0.717, 1.165) is 5.56 Å². The zero-order chi connectivity index (χ0) is 22.2. The van der Waals surface area contributed by atoms with Gasteiger partial charge in [0.15, 0.2) is 0 Å². The van der Waals surface area contributed by atoms with Gasteiger partial charge < -0.3 is 19.2 Å². The lowest BCUT2D eigenvalue weighted by molar-refractivity contribution is -0.141. The summed E-state index contributed by atoms with van der Waals surface area (Å²) in [7, 11) is 2.87. The van der Waals surface area contributed by atoms with Crippen LogP contribution in [0.4, 0.5) is 4.39 Å². The molecule has 0 aliphatic heterocycles. The Morgan fingerprint density at radius 3 is 2.45 bits per heavy atom. The maximum Gasteiger partial charge on any atom is 0.307 e. The number of hydrogen-bond acceptors (Lipinski definition) is 5. The highest BCUT2D eigenvalue weighted by molar-refractivity contribution is 5.78.